The summed E-state index contributed by atoms with van der Waals surface area (Å²) in [6.07, 6.45) is 1.78. The van der Waals surface area contributed by atoms with Crippen molar-refractivity contribution in [2.75, 3.05) is 14.1 Å². The topological polar surface area (TPSA) is 35.8 Å². The highest BCUT2D eigenvalue weighted by Gasteiger charge is 1.71. The fraction of sp³-hybridized carbons (Fsp3) is 0.706. The molecule has 0 bridgehead atoms. The smallest absolute Gasteiger partial charge is 0.0940 e. The Hall–Kier alpha value is -1.07. The first-order valence-corrected chi connectivity index (χ1v) is 7.34. The molecule has 0 aromatic heterocycles. The first kappa shape index (κ1) is 43.0. The number of hydrogen-bond donors (Lipinski definition) is 1. The number of rotatable bonds is 0. The summed E-state index contributed by atoms with van der Waals surface area (Å²) in [5.74, 6) is 0. The Labute approximate surface area is 125 Å². The molecule has 0 aliphatic carbocycles. The molecule has 19 heavy (non-hydrogen) atoms. The van der Waals surface area contributed by atoms with Gasteiger partial charge in [0.25, 0.3) is 0 Å². The fourth-order valence-corrected chi connectivity index (χ4v) is 0.0645. The van der Waals surface area contributed by atoms with E-state index in [4.69, 9.17) is 5.26 Å². The number of nitrogens with zero attached hydrogens (tertiary/aromatic N) is 1. The first-order chi connectivity index (χ1) is 9.22. The van der Waals surface area contributed by atoms with Crippen molar-refractivity contribution in [3.8, 4) is 6.07 Å². The van der Waals surface area contributed by atoms with E-state index in [-0.39, 0.29) is 0 Å². The zero-order valence-corrected chi connectivity index (χ0v) is 15.9. The average molecular weight is 275 g/mol. The molecule has 0 rings (SSSR count). The summed E-state index contributed by atoms with van der Waals surface area (Å²) in [6, 6.07) is 1.98. The van der Waals surface area contributed by atoms with Crippen molar-refractivity contribution in [2.45, 2.75) is 69.2 Å². The summed E-state index contributed by atoms with van der Waals surface area (Å²) < 4.78 is 0. The number of nitrogens with one attached hydrogen (secondary N) is 1. The van der Waals surface area contributed by atoms with Crippen LogP contribution in [-0.4, -0.2) is 14.1 Å². The Balaban J connectivity index is -0.0000000193. The lowest BCUT2D eigenvalue weighted by Gasteiger charge is -1.70. The third kappa shape index (κ3) is 440. The predicted molar refractivity (Wildman–Crippen MR) is 96.7 cm³/mol. The molecule has 0 aliphatic heterocycles. The summed E-state index contributed by atoms with van der Waals surface area (Å²) in [4.78, 5) is 0. The summed E-state index contributed by atoms with van der Waals surface area (Å²) in [6.45, 7) is 25.6. The lowest BCUT2D eigenvalue weighted by Crippen LogP contribution is -1.89. The van der Waals surface area contributed by atoms with E-state index in [0.29, 0.717) is 0 Å². The molecule has 0 spiro atoms. The van der Waals surface area contributed by atoms with Gasteiger partial charge >= 0.3 is 0 Å². The van der Waals surface area contributed by atoms with E-state index >= 15 is 0 Å². The number of nitriles is 1. The maximum absolute atomic E-state index is 8.02. The van der Waals surface area contributed by atoms with Crippen LogP contribution in [0.15, 0.2) is 24.8 Å². The summed E-state index contributed by atoms with van der Waals surface area (Å²) in [5.41, 5.74) is 0.773. The van der Waals surface area contributed by atoms with E-state index in [1.54, 1.807) is 13.0 Å². The largest absolute Gasteiger partial charge is 0.323 e. The molecule has 0 amide bonds. The molecule has 0 saturated heterocycles. The Morgan fingerprint density at radius 3 is 1.05 bits per heavy atom. The molecule has 0 atom stereocenters. The van der Waals surface area contributed by atoms with Crippen LogP contribution in [0.2, 0.25) is 0 Å². The van der Waals surface area contributed by atoms with Gasteiger partial charge in [-0.3, -0.25) is 0 Å². The van der Waals surface area contributed by atoms with Crippen molar-refractivity contribution < 1.29 is 0 Å². The SMILES string of the molecule is C/C=C(\C)C#N.C=C.CC.CC.CC.CC.CNC. The molecule has 0 fully saturated rings. The Morgan fingerprint density at radius 2 is 1.05 bits per heavy atom. The van der Waals surface area contributed by atoms with Crippen LogP contribution in [0.5, 0.6) is 0 Å². The molecule has 0 heterocycles. The molecular weight excluding hydrogens is 232 g/mol. The van der Waals surface area contributed by atoms with E-state index in [1.807, 2.05) is 82.5 Å². The quantitative estimate of drug-likeness (QED) is 0.420. The Kier molecular flexibility index (Phi) is 400. The minimum absolute atomic E-state index is 0.773. The second kappa shape index (κ2) is 177. The van der Waals surface area contributed by atoms with Gasteiger partial charge < -0.3 is 5.32 Å². The predicted octanol–water partition coefficient (Wildman–Crippen LogP) is 6.22. The maximum atomic E-state index is 8.02. The highest BCUT2D eigenvalue weighted by atomic mass is 14.7. The van der Waals surface area contributed by atoms with Gasteiger partial charge in [0, 0.05) is 5.57 Å². The van der Waals surface area contributed by atoms with Crippen LogP contribution in [-0.2, 0) is 0 Å². The molecular formula is C17H42N2. The second-order valence-electron chi connectivity index (χ2n) is 1.58. The third-order valence-corrected chi connectivity index (χ3v) is 0.609. The maximum Gasteiger partial charge on any atom is 0.0940 e. The third-order valence-electron chi connectivity index (χ3n) is 0.609. The average Bonchev–Trinajstić information content (AvgIpc) is 2.57. The normalized spacial score (nSPS) is 5.74. The van der Waals surface area contributed by atoms with Gasteiger partial charge in [0.05, 0.1) is 6.07 Å². The van der Waals surface area contributed by atoms with Crippen LogP contribution in [0, 0.1) is 11.3 Å². The van der Waals surface area contributed by atoms with E-state index in [9.17, 15) is 0 Å². The first-order valence-electron chi connectivity index (χ1n) is 7.34. The van der Waals surface area contributed by atoms with Crippen molar-refractivity contribution in [1.82, 2.24) is 5.32 Å². The van der Waals surface area contributed by atoms with Crippen molar-refractivity contribution in [2.24, 2.45) is 0 Å². The minimum Gasteiger partial charge on any atom is -0.323 e. The van der Waals surface area contributed by atoms with Gasteiger partial charge in [0.1, 0.15) is 0 Å². The van der Waals surface area contributed by atoms with E-state index in [0.717, 1.165) is 5.57 Å². The molecule has 0 radical (unpaired) electrons. The molecule has 0 aromatic carbocycles. The molecule has 2 heteroatoms. The van der Waals surface area contributed by atoms with Crippen LogP contribution in [0.4, 0.5) is 0 Å². The van der Waals surface area contributed by atoms with Gasteiger partial charge in [0.2, 0.25) is 0 Å². The van der Waals surface area contributed by atoms with Gasteiger partial charge in [-0.25, -0.2) is 0 Å². The number of hydrogen-bond acceptors (Lipinski definition) is 2. The Bertz CT molecular complexity index is 122. The molecule has 0 saturated carbocycles. The van der Waals surface area contributed by atoms with Gasteiger partial charge in [-0.1, -0.05) is 61.5 Å². The van der Waals surface area contributed by atoms with Crippen LogP contribution in [0.1, 0.15) is 69.2 Å². The van der Waals surface area contributed by atoms with E-state index in [2.05, 4.69) is 18.5 Å². The van der Waals surface area contributed by atoms with Crippen LogP contribution >= 0.6 is 0 Å². The summed E-state index contributed by atoms with van der Waals surface area (Å²) in [5, 5.41) is 10.8. The standard InChI is InChI=1S/C5H7N.C2H7N.4C2H6.C2H4/c1-3-5(2)4-6;1-3-2;5*1-2/h3H,1-2H3;3H,1-2H3;4*1-2H3;1-2H2/b5-3+;;;;;;. The monoisotopic (exact) mass is 274 g/mol. The van der Waals surface area contributed by atoms with Gasteiger partial charge in [-0.05, 0) is 27.9 Å². The summed E-state index contributed by atoms with van der Waals surface area (Å²) >= 11 is 0. The molecule has 0 aromatic rings. The lowest BCUT2D eigenvalue weighted by molar-refractivity contribution is 1.02. The molecule has 120 valence electrons. The number of allylic oxidation sites excluding steroid dienone is 2. The molecule has 1 N–H and O–H groups in total. The highest BCUT2D eigenvalue weighted by molar-refractivity contribution is 5.15. The fourth-order valence-electron chi connectivity index (χ4n) is 0.0645. The minimum atomic E-state index is 0.773. The Morgan fingerprint density at radius 1 is 0.895 bits per heavy atom. The molecule has 0 unspecified atom stereocenters. The highest BCUT2D eigenvalue weighted by Crippen LogP contribution is 1.83. The van der Waals surface area contributed by atoms with Gasteiger partial charge in [-0.15, -0.1) is 13.2 Å². The van der Waals surface area contributed by atoms with Gasteiger partial charge in [-0.2, -0.15) is 5.26 Å². The van der Waals surface area contributed by atoms with Crippen molar-refractivity contribution in [3.05, 3.63) is 24.8 Å². The van der Waals surface area contributed by atoms with Crippen LogP contribution in [0.3, 0.4) is 0 Å². The summed E-state index contributed by atoms with van der Waals surface area (Å²) in [7, 11) is 3.75. The van der Waals surface area contributed by atoms with Gasteiger partial charge in [0.15, 0.2) is 0 Å². The van der Waals surface area contributed by atoms with Crippen molar-refractivity contribution in [3.63, 3.8) is 0 Å². The van der Waals surface area contributed by atoms with E-state index in [1.165, 1.54) is 0 Å². The second-order valence-corrected chi connectivity index (χ2v) is 1.58. The molecule has 2 nitrogen and oxygen atoms in total. The van der Waals surface area contributed by atoms with Crippen molar-refractivity contribution >= 4 is 0 Å². The van der Waals surface area contributed by atoms with Crippen molar-refractivity contribution in [1.29, 1.82) is 5.26 Å². The molecule has 0 aliphatic rings. The van der Waals surface area contributed by atoms with Crippen LogP contribution < -0.4 is 5.32 Å². The zero-order chi connectivity index (χ0) is 17.7. The lowest BCUT2D eigenvalue weighted by atomic mass is 10.3. The van der Waals surface area contributed by atoms with E-state index < -0.39 is 0 Å². The van der Waals surface area contributed by atoms with Crippen LogP contribution in [0.25, 0.3) is 0 Å². The zero-order valence-electron chi connectivity index (χ0n) is 15.9.